The second-order valence-corrected chi connectivity index (χ2v) is 4.98. The lowest BCUT2D eigenvalue weighted by atomic mass is 10.00. The second kappa shape index (κ2) is 6.60. The second-order valence-electron chi connectivity index (χ2n) is 4.98. The lowest BCUT2D eigenvalue weighted by Gasteiger charge is -2.21. The van der Waals surface area contributed by atoms with Crippen LogP contribution >= 0.6 is 0 Å². The Morgan fingerprint density at radius 3 is 2.53 bits per heavy atom. The van der Waals surface area contributed by atoms with Crippen molar-refractivity contribution in [1.29, 1.82) is 0 Å². The van der Waals surface area contributed by atoms with Crippen LogP contribution in [0.5, 0.6) is 0 Å². The summed E-state index contributed by atoms with van der Waals surface area (Å²) in [5.41, 5.74) is 1.38. The van der Waals surface area contributed by atoms with Gasteiger partial charge in [0.05, 0.1) is 0 Å². The molecule has 1 rings (SSSR count). The normalized spacial score (nSPS) is 12.8. The van der Waals surface area contributed by atoms with Gasteiger partial charge in [-0.15, -0.1) is 0 Å². The Bertz CT molecular complexity index is 336. The number of aromatic nitrogens is 1. The molecule has 0 radical (unpaired) electrons. The van der Waals surface area contributed by atoms with E-state index in [0.29, 0.717) is 5.92 Å². The summed E-state index contributed by atoms with van der Waals surface area (Å²) >= 11 is 0. The van der Waals surface area contributed by atoms with Crippen molar-refractivity contribution in [2.45, 2.75) is 26.2 Å². The SMILES string of the molecule is CCC(C)c1ccnc(N(C)CCN(C)C)c1. The van der Waals surface area contributed by atoms with Crippen molar-refractivity contribution < 1.29 is 0 Å². The van der Waals surface area contributed by atoms with Gasteiger partial charge in [0, 0.05) is 26.3 Å². The molecule has 3 nitrogen and oxygen atoms in total. The van der Waals surface area contributed by atoms with Gasteiger partial charge >= 0.3 is 0 Å². The molecule has 1 unspecified atom stereocenters. The van der Waals surface area contributed by atoms with Crippen molar-refractivity contribution in [2.24, 2.45) is 0 Å². The molecule has 17 heavy (non-hydrogen) atoms. The third kappa shape index (κ3) is 4.35. The third-order valence-electron chi connectivity index (χ3n) is 3.22. The summed E-state index contributed by atoms with van der Waals surface area (Å²) in [6.45, 7) is 6.54. The summed E-state index contributed by atoms with van der Waals surface area (Å²) in [5.74, 6) is 1.68. The minimum Gasteiger partial charge on any atom is -0.358 e. The summed E-state index contributed by atoms with van der Waals surface area (Å²) in [6.07, 6.45) is 3.09. The van der Waals surface area contributed by atoms with Crippen LogP contribution in [-0.4, -0.2) is 44.1 Å². The molecule has 0 aliphatic rings. The minimum absolute atomic E-state index is 0.610. The largest absolute Gasteiger partial charge is 0.358 e. The summed E-state index contributed by atoms with van der Waals surface area (Å²) in [5, 5.41) is 0. The number of anilines is 1. The van der Waals surface area contributed by atoms with Gasteiger partial charge in [0.1, 0.15) is 5.82 Å². The Morgan fingerprint density at radius 2 is 1.94 bits per heavy atom. The van der Waals surface area contributed by atoms with E-state index < -0.39 is 0 Å². The number of nitrogens with zero attached hydrogens (tertiary/aromatic N) is 3. The van der Waals surface area contributed by atoms with Gasteiger partial charge in [-0.05, 0) is 44.1 Å². The van der Waals surface area contributed by atoms with Gasteiger partial charge in [0.2, 0.25) is 0 Å². The van der Waals surface area contributed by atoms with E-state index in [2.05, 4.69) is 61.9 Å². The Labute approximate surface area is 105 Å². The first-order valence-corrected chi connectivity index (χ1v) is 6.36. The van der Waals surface area contributed by atoms with E-state index in [-0.39, 0.29) is 0 Å². The predicted molar refractivity (Wildman–Crippen MR) is 74.8 cm³/mol. The van der Waals surface area contributed by atoms with Gasteiger partial charge in [0.15, 0.2) is 0 Å². The molecule has 0 N–H and O–H groups in total. The van der Waals surface area contributed by atoms with Crippen molar-refractivity contribution in [2.75, 3.05) is 39.1 Å². The fraction of sp³-hybridized carbons (Fsp3) is 0.643. The molecule has 1 aromatic rings. The highest BCUT2D eigenvalue weighted by Gasteiger charge is 2.07. The molecule has 0 saturated heterocycles. The smallest absolute Gasteiger partial charge is 0.128 e. The van der Waals surface area contributed by atoms with E-state index >= 15 is 0 Å². The molecule has 1 aromatic heterocycles. The van der Waals surface area contributed by atoms with Crippen LogP contribution in [-0.2, 0) is 0 Å². The van der Waals surface area contributed by atoms with Crippen molar-refractivity contribution in [3.05, 3.63) is 23.9 Å². The van der Waals surface area contributed by atoms with Crippen molar-refractivity contribution in [3.63, 3.8) is 0 Å². The minimum atomic E-state index is 0.610. The van der Waals surface area contributed by atoms with Crippen molar-refractivity contribution in [3.8, 4) is 0 Å². The highest BCUT2D eigenvalue weighted by Crippen LogP contribution is 2.21. The van der Waals surface area contributed by atoms with Crippen LogP contribution in [0.2, 0.25) is 0 Å². The number of hydrogen-bond donors (Lipinski definition) is 0. The van der Waals surface area contributed by atoms with Crippen LogP contribution in [0.1, 0.15) is 31.7 Å². The molecule has 0 aliphatic carbocycles. The number of likely N-dealkylation sites (N-methyl/N-ethyl adjacent to an activating group) is 2. The molecular formula is C14H25N3. The maximum atomic E-state index is 4.44. The van der Waals surface area contributed by atoms with Crippen LogP contribution in [0.3, 0.4) is 0 Å². The molecule has 0 aromatic carbocycles. The van der Waals surface area contributed by atoms with Crippen LogP contribution in [0, 0.1) is 0 Å². The van der Waals surface area contributed by atoms with Crippen molar-refractivity contribution in [1.82, 2.24) is 9.88 Å². The quantitative estimate of drug-likeness (QED) is 0.755. The molecule has 1 atom stereocenters. The standard InChI is InChI=1S/C14H25N3/c1-6-12(2)13-7-8-15-14(11-13)17(5)10-9-16(3)4/h7-8,11-12H,6,9-10H2,1-5H3. The van der Waals surface area contributed by atoms with Crippen LogP contribution in [0.25, 0.3) is 0 Å². The summed E-state index contributed by atoms with van der Waals surface area (Å²) in [7, 11) is 6.29. The van der Waals surface area contributed by atoms with Gasteiger partial charge < -0.3 is 9.80 Å². The predicted octanol–water partition coefficient (Wildman–Crippen LogP) is 2.59. The first-order valence-electron chi connectivity index (χ1n) is 6.36. The number of rotatable bonds is 6. The van der Waals surface area contributed by atoms with E-state index in [0.717, 1.165) is 18.9 Å². The zero-order valence-electron chi connectivity index (χ0n) is 11.8. The number of pyridine rings is 1. The average molecular weight is 235 g/mol. The van der Waals surface area contributed by atoms with E-state index in [9.17, 15) is 0 Å². The Kier molecular flexibility index (Phi) is 5.42. The molecular weight excluding hydrogens is 210 g/mol. The molecule has 0 fully saturated rings. The molecule has 3 heteroatoms. The first-order chi connectivity index (χ1) is 8.04. The van der Waals surface area contributed by atoms with E-state index in [1.807, 2.05) is 6.20 Å². The Morgan fingerprint density at radius 1 is 1.24 bits per heavy atom. The zero-order valence-corrected chi connectivity index (χ0v) is 11.8. The van der Waals surface area contributed by atoms with Crippen LogP contribution < -0.4 is 4.90 Å². The molecule has 0 aliphatic heterocycles. The first kappa shape index (κ1) is 14.0. The fourth-order valence-electron chi connectivity index (χ4n) is 1.65. The van der Waals surface area contributed by atoms with Gasteiger partial charge in [-0.3, -0.25) is 0 Å². The Balaban J connectivity index is 2.70. The zero-order chi connectivity index (χ0) is 12.8. The van der Waals surface area contributed by atoms with Crippen LogP contribution in [0.4, 0.5) is 5.82 Å². The molecule has 0 bridgehead atoms. The fourth-order valence-corrected chi connectivity index (χ4v) is 1.65. The number of hydrogen-bond acceptors (Lipinski definition) is 3. The molecule has 0 amide bonds. The summed E-state index contributed by atoms with van der Waals surface area (Å²) < 4.78 is 0. The third-order valence-corrected chi connectivity index (χ3v) is 3.22. The van der Waals surface area contributed by atoms with E-state index in [1.54, 1.807) is 0 Å². The summed E-state index contributed by atoms with van der Waals surface area (Å²) in [4.78, 5) is 8.85. The molecule has 1 heterocycles. The van der Waals surface area contributed by atoms with Crippen molar-refractivity contribution >= 4 is 5.82 Å². The average Bonchev–Trinajstić information content (AvgIpc) is 2.35. The maximum absolute atomic E-state index is 4.44. The van der Waals surface area contributed by atoms with E-state index in [4.69, 9.17) is 0 Å². The molecule has 0 spiro atoms. The highest BCUT2D eigenvalue weighted by molar-refractivity contribution is 5.41. The van der Waals surface area contributed by atoms with Gasteiger partial charge in [-0.2, -0.15) is 0 Å². The van der Waals surface area contributed by atoms with Crippen LogP contribution in [0.15, 0.2) is 18.3 Å². The topological polar surface area (TPSA) is 19.4 Å². The van der Waals surface area contributed by atoms with Gasteiger partial charge in [-0.1, -0.05) is 13.8 Å². The van der Waals surface area contributed by atoms with E-state index in [1.165, 1.54) is 12.0 Å². The maximum Gasteiger partial charge on any atom is 0.128 e. The van der Waals surface area contributed by atoms with Gasteiger partial charge in [-0.25, -0.2) is 4.98 Å². The lowest BCUT2D eigenvalue weighted by Crippen LogP contribution is -2.29. The van der Waals surface area contributed by atoms with Gasteiger partial charge in [0.25, 0.3) is 0 Å². The highest BCUT2D eigenvalue weighted by atomic mass is 15.2. The monoisotopic (exact) mass is 235 g/mol. The lowest BCUT2D eigenvalue weighted by molar-refractivity contribution is 0.416. The Hall–Kier alpha value is -1.09. The molecule has 96 valence electrons. The summed E-state index contributed by atoms with van der Waals surface area (Å²) in [6, 6.07) is 4.33. The molecule has 0 saturated carbocycles.